The van der Waals surface area contributed by atoms with E-state index < -0.39 is 15.9 Å². The molecule has 0 unspecified atom stereocenters. The molecule has 1 saturated heterocycles. The zero-order chi connectivity index (χ0) is 25.3. The van der Waals surface area contributed by atoms with E-state index in [1.54, 1.807) is 37.3 Å². The maximum absolute atomic E-state index is 13.1. The molecule has 9 nitrogen and oxygen atoms in total. The van der Waals surface area contributed by atoms with Crippen LogP contribution in [-0.2, 0) is 19.6 Å². The smallest absolute Gasteiger partial charge is 0.246 e. The second-order valence-corrected chi connectivity index (χ2v) is 9.95. The molecule has 3 rings (SSSR count). The highest BCUT2D eigenvalue weighted by Gasteiger charge is 2.30. The van der Waals surface area contributed by atoms with Gasteiger partial charge in [-0.3, -0.25) is 9.59 Å². The van der Waals surface area contributed by atoms with Crippen molar-refractivity contribution in [2.24, 2.45) is 0 Å². The molecule has 2 aromatic rings. The van der Waals surface area contributed by atoms with Crippen molar-refractivity contribution in [3.05, 3.63) is 48.5 Å². The topological polar surface area (TPSA) is 120 Å². The number of nitrogens with zero attached hydrogens (tertiary/aromatic N) is 3. The van der Waals surface area contributed by atoms with Gasteiger partial charge in [-0.25, -0.2) is 8.42 Å². The monoisotopic (exact) mass is 498 g/mol. The van der Waals surface area contributed by atoms with Gasteiger partial charge in [0, 0.05) is 43.9 Å². The molecule has 1 N–H and O–H groups in total. The summed E-state index contributed by atoms with van der Waals surface area (Å²) in [6, 6.07) is 15.5. The first-order chi connectivity index (χ1) is 16.9. The minimum Gasteiger partial charge on any atom is -0.492 e. The number of ether oxygens (including phenoxy) is 1. The number of hydrogen-bond acceptors (Lipinski definition) is 6. The van der Waals surface area contributed by atoms with Crippen LogP contribution in [0.2, 0.25) is 0 Å². The summed E-state index contributed by atoms with van der Waals surface area (Å²) in [6.45, 7) is 3.22. The summed E-state index contributed by atoms with van der Waals surface area (Å²) in [4.78, 5) is 26.9. The molecule has 0 aromatic heterocycles. The van der Waals surface area contributed by atoms with Crippen LogP contribution in [-0.4, -0.2) is 50.8 Å². The third-order valence-electron chi connectivity index (χ3n) is 5.59. The average molecular weight is 499 g/mol. The molecule has 1 aliphatic rings. The minimum atomic E-state index is -3.76. The van der Waals surface area contributed by atoms with Crippen LogP contribution >= 0.6 is 0 Å². The first kappa shape index (κ1) is 26.2. The van der Waals surface area contributed by atoms with Gasteiger partial charge >= 0.3 is 0 Å². The number of nitrogens with one attached hydrogen (secondary N) is 1. The Morgan fingerprint density at radius 3 is 2.49 bits per heavy atom. The molecule has 1 heterocycles. The van der Waals surface area contributed by atoms with Gasteiger partial charge in [-0.1, -0.05) is 18.2 Å². The Hall–Kier alpha value is -3.42. The Kier molecular flexibility index (Phi) is 9.23. The molecular weight excluding hydrogens is 468 g/mol. The lowest BCUT2D eigenvalue weighted by Crippen LogP contribution is -2.32. The van der Waals surface area contributed by atoms with Crippen molar-refractivity contribution in [3.63, 3.8) is 0 Å². The van der Waals surface area contributed by atoms with E-state index in [1.807, 2.05) is 12.1 Å². The predicted octanol–water partition coefficient (Wildman–Crippen LogP) is 3.54. The number of sulfonamides is 1. The van der Waals surface area contributed by atoms with Crippen LogP contribution in [0.15, 0.2) is 53.4 Å². The van der Waals surface area contributed by atoms with Gasteiger partial charge in [0.15, 0.2) is 0 Å². The molecule has 0 radical (unpaired) electrons. The second-order valence-electron chi connectivity index (χ2n) is 8.04. The first-order valence-corrected chi connectivity index (χ1v) is 13.1. The fourth-order valence-corrected chi connectivity index (χ4v) is 5.55. The number of nitriles is 1. The van der Waals surface area contributed by atoms with Crippen LogP contribution in [0.1, 0.15) is 39.0 Å². The van der Waals surface area contributed by atoms with Crippen LogP contribution in [0, 0.1) is 11.3 Å². The number of anilines is 2. The van der Waals surface area contributed by atoms with Crippen LogP contribution in [0.25, 0.3) is 0 Å². The van der Waals surface area contributed by atoms with E-state index in [-0.39, 0.29) is 42.4 Å². The van der Waals surface area contributed by atoms with Crippen molar-refractivity contribution < 1.29 is 22.7 Å². The number of benzene rings is 2. The first-order valence-electron chi connectivity index (χ1n) is 11.7. The molecule has 2 amide bonds. The van der Waals surface area contributed by atoms with Crippen LogP contribution in [0.3, 0.4) is 0 Å². The van der Waals surface area contributed by atoms with E-state index >= 15 is 0 Å². The van der Waals surface area contributed by atoms with Gasteiger partial charge in [0.25, 0.3) is 0 Å². The summed E-state index contributed by atoms with van der Waals surface area (Å²) >= 11 is 0. The molecule has 1 fully saturated rings. The lowest BCUT2D eigenvalue weighted by atomic mass is 10.2. The fourth-order valence-electron chi connectivity index (χ4n) is 3.88. The molecular formula is C25H30N4O5S. The lowest BCUT2D eigenvalue weighted by molar-refractivity contribution is -0.122. The number of rotatable bonds is 11. The summed E-state index contributed by atoms with van der Waals surface area (Å²) in [5.74, 6) is -0.450. The van der Waals surface area contributed by atoms with Crippen molar-refractivity contribution in [2.75, 3.05) is 36.5 Å². The molecule has 10 heteroatoms. The van der Waals surface area contributed by atoms with E-state index in [0.717, 1.165) is 12.8 Å². The zero-order valence-electron chi connectivity index (χ0n) is 19.8. The molecule has 0 bridgehead atoms. The molecule has 0 spiro atoms. The molecule has 35 heavy (non-hydrogen) atoms. The number of para-hydroxylation sites is 1. The van der Waals surface area contributed by atoms with E-state index in [9.17, 15) is 18.0 Å². The number of carbonyl (C=O) groups excluding carboxylic acids is 2. The van der Waals surface area contributed by atoms with Crippen LogP contribution in [0.4, 0.5) is 11.4 Å². The summed E-state index contributed by atoms with van der Waals surface area (Å²) in [6.07, 6.45) is 1.65. The molecule has 1 aliphatic heterocycles. The Morgan fingerprint density at radius 1 is 1.11 bits per heavy atom. The van der Waals surface area contributed by atoms with Crippen molar-refractivity contribution in [1.82, 2.24) is 4.31 Å². The third kappa shape index (κ3) is 6.81. The molecule has 2 aromatic carbocycles. The SMILES string of the molecule is CCOc1ccc(NC(=O)CCC(=O)N(CCC#N)c2ccccc2)cc1S(=O)(=O)N1CCCC1. The zero-order valence-corrected chi connectivity index (χ0v) is 20.6. The maximum Gasteiger partial charge on any atom is 0.246 e. The van der Waals surface area contributed by atoms with Crippen molar-refractivity contribution in [2.45, 2.75) is 43.9 Å². The second kappa shape index (κ2) is 12.3. The summed E-state index contributed by atoms with van der Waals surface area (Å²) in [7, 11) is -3.76. The van der Waals surface area contributed by atoms with Gasteiger partial charge in [-0.05, 0) is 50.1 Å². The number of carbonyl (C=O) groups is 2. The quantitative estimate of drug-likeness (QED) is 0.506. The summed E-state index contributed by atoms with van der Waals surface area (Å²) in [5.41, 5.74) is 0.976. The van der Waals surface area contributed by atoms with Gasteiger partial charge in [-0.2, -0.15) is 9.57 Å². The van der Waals surface area contributed by atoms with Crippen molar-refractivity contribution in [3.8, 4) is 11.8 Å². The summed E-state index contributed by atoms with van der Waals surface area (Å²) < 4.78 is 33.2. The van der Waals surface area contributed by atoms with Crippen molar-refractivity contribution >= 4 is 33.2 Å². The standard InChI is InChI=1S/C25H30N4O5S/c1-2-34-22-12-11-20(19-23(22)35(32,33)28-16-6-7-17-28)27-24(30)13-14-25(31)29(18-8-15-26)21-9-4-3-5-10-21/h3-5,9-12,19H,2,6-8,13-14,16-18H2,1H3,(H,27,30). The highest BCUT2D eigenvalue weighted by Crippen LogP contribution is 2.31. The highest BCUT2D eigenvalue weighted by molar-refractivity contribution is 7.89. The molecule has 0 saturated carbocycles. The van der Waals surface area contributed by atoms with Gasteiger partial charge in [-0.15, -0.1) is 0 Å². The molecule has 0 aliphatic carbocycles. The van der Waals surface area contributed by atoms with Crippen LogP contribution < -0.4 is 15.0 Å². The fraction of sp³-hybridized carbons (Fsp3) is 0.400. The number of hydrogen-bond donors (Lipinski definition) is 1. The van der Waals surface area contributed by atoms with Gasteiger partial charge in [0.1, 0.15) is 10.6 Å². The Labute approximate surface area is 206 Å². The Balaban J connectivity index is 1.69. The Bertz CT molecular complexity index is 1170. The maximum atomic E-state index is 13.1. The molecule has 0 atom stereocenters. The van der Waals surface area contributed by atoms with Gasteiger partial charge in [0.2, 0.25) is 21.8 Å². The van der Waals surface area contributed by atoms with E-state index in [2.05, 4.69) is 5.32 Å². The van der Waals surface area contributed by atoms with E-state index in [1.165, 1.54) is 21.3 Å². The van der Waals surface area contributed by atoms with E-state index in [0.29, 0.717) is 31.1 Å². The van der Waals surface area contributed by atoms with Crippen molar-refractivity contribution in [1.29, 1.82) is 5.26 Å². The predicted molar refractivity (Wildman–Crippen MR) is 132 cm³/mol. The van der Waals surface area contributed by atoms with Gasteiger partial charge in [0.05, 0.1) is 19.1 Å². The normalized spacial score (nSPS) is 13.7. The minimum absolute atomic E-state index is 0.0156. The average Bonchev–Trinajstić information content (AvgIpc) is 3.41. The molecule has 186 valence electrons. The summed E-state index contributed by atoms with van der Waals surface area (Å²) in [5, 5.41) is 11.6. The van der Waals surface area contributed by atoms with E-state index in [4.69, 9.17) is 10.00 Å². The van der Waals surface area contributed by atoms with Crippen LogP contribution in [0.5, 0.6) is 5.75 Å². The largest absolute Gasteiger partial charge is 0.492 e. The third-order valence-corrected chi connectivity index (χ3v) is 7.51. The highest BCUT2D eigenvalue weighted by atomic mass is 32.2. The lowest BCUT2D eigenvalue weighted by Gasteiger charge is -2.22. The van der Waals surface area contributed by atoms with Gasteiger partial charge < -0.3 is 15.0 Å². The number of amides is 2. The Morgan fingerprint density at radius 2 is 1.83 bits per heavy atom.